The maximum absolute atomic E-state index is 13.6. The third-order valence-corrected chi connectivity index (χ3v) is 3.24. The van der Waals surface area contributed by atoms with Crippen molar-refractivity contribution >= 4 is 34.2 Å². The Labute approximate surface area is 117 Å². The fourth-order valence-electron chi connectivity index (χ4n) is 1.85. The van der Waals surface area contributed by atoms with Crippen LogP contribution in [0.2, 0.25) is 10.0 Å². The Balaban J connectivity index is 2.23. The molecule has 0 atom stereocenters. The van der Waals surface area contributed by atoms with Gasteiger partial charge in [-0.05, 0) is 24.3 Å². The van der Waals surface area contributed by atoms with Crippen molar-refractivity contribution in [2.45, 2.75) is 0 Å². The number of aromatic nitrogens is 2. The summed E-state index contributed by atoms with van der Waals surface area (Å²) < 4.78 is 26.7. The summed E-state index contributed by atoms with van der Waals surface area (Å²) in [5.41, 5.74) is 0.919. The van der Waals surface area contributed by atoms with Gasteiger partial charge in [0.25, 0.3) is 0 Å². The first-order valence-corrected chi connectivity index (χ1v) is 6.10. The van der Waals surface area contributed by atoms with Crippen LogP contribution in [-0.2, 0) is 0 Å². The SMILES string of the molecule is Fc1cc(F)c2nc(-c3ccc(Cl)cc3Cl)[nH]c2c1. The third kappa shape index (κ3) is 2.17. The predicted molar refractivity (Wildman–Crippen MR) is 71.5 cm³/mol. The lowest BCUT2D eigenvalue weighted by Crippen LogP contribution is -1.82. The fourth-order valence-corrected chi connectivity index (χ4v) is 2.35. The quantitative estimate of drug-likeness (QED) is 0.686. The number of rotatable bonds is 1. The molecule has 0 aliphatic rings. The molecule has 0 spiro atoms. The lowest BCUT2D eigenvalue weighted by molar-refractivity contribution is 0.591. The molecule has 1 aromatic heterocycles. The largest absolute Gasteiger partial charge is 0.338 e. The molecule has 0 bridgehead atoms. The second-order valence-electron chi connectivity index (χ2n) is 3.99. The van der Waals surface area contributed by atoms with Crippen LogP contribution >= 0.6 is 23.2 Å². The number of nitrogens with one attached hydrogen (secondary N) is 1. The highest BCUT2D eigenvalue weighted by molar-refractivity contribution is 6.36. The van der Waals surface area contributed by atoms with Gasteiger partial charge >= 0.3 is 0 Å². The Morgan fingerprint density at radius 2 is 1.84 bits per heavy atom. The molecule has 19 heavy (non-hydrogen) atoms. The number of fused-ring (bicyclic) bond motifs is 1. The fraction of sp³-hybridized carbons (Fsp3) is 0. The van der Waals surface area contributed by atoms with E-state index in [1.54, 1.807) is 18.2 Å². The van der Waals surface area contributed by atoms with Crippen LogP contribution < -0.4 is 0 Å². The van der Waals surface area contributed by atoms with Gasteiger partial charge in [0.05, 0.1) is 10.5 Å². The van der Waals surface area contributed by atoms with Crippen molar-refractivity contribution in [2.75, 3.05) is 0 Å². The van der Waals surface area contributed by atoms with Gasteiger partial charge in [0.2, 0.25) is 0 Å². The van der Waals surface area contributed by atoms with Crippen LogP contribution in [-0.4, -0.2) is 9.97 Å². The minimum absolute atomic E-state index is 0.0717. The molecule has 1 heterocycles. The van der Waals surface area contributed by atoms with Crippen LogP contribution in [0.4, 0.5) is 8.78 Å². The number of hydrogen-bond donors (Lipinski definition) is 1. The Bertz CT molecular complexity index is 784. The summed E-state index contributed by atoms with van der Waals surface area (Å²) in [7, 11) is 0. The molecule has 3 rings (SSSR count). The van der Waals surface area contributed by atoms with E-state index in [0.29, 0.717) is 21.4 Å². The van der Waals surface area contributed by atoms with E-state index in [-0.39, 0.29) is 11.0 Å². The third-order valence-electron chi connectivity index (χ3n) is 2.69. The monoisotopic (exact) mass is 298 g/mol. The summed E-state index contributed by atoms with van der Waals surface area (Å²) in [4.78, 5) is 6.92. The number of aromatic amines is 1. The van der Waals surface area contributed by atoms with E-state index in [1.807, 2.05) is 0 Å². The van der Waals surface area contributed by atoms with Crippen molar-refractivity contribution in [2.24, 2.45) is 0 Å². The van der Waals surface area contributed by atoms with Gasteiger partial charge in [-0.25, -0.2) is 13.8 Å². The van der Waals surface area contributed by atoms with Gasteiger partial charge in [0.1, 0.15) is 17.2 Å². The van der Waals surface area contributed by atoms with Crippen molar-refractivity contribution in [1.29, 1.82) is 0 Å². The van der Waals surface area contributed by atoms with Gasteiger partial charge in [-0.1, -0.05) is 23.2 Å². The molecule has 0 fully saturated rings. The molecule has 0 radical (unpaired) electrons. The highest BCUT2D eigenvalue weighted by Crippen LogP contribution is 2.30. The minimum Gasteiger partial charge on any atom is -0.338 e. The number of H-pyrrole nitrogens is 1. The van der Waals surface area contributed by atoms with E-state index in [2.05, 4.69) is 9.97 Å². The van der Waals surface area contributed by atoms with Crippen LogP contribution in [0, 0.1) is 11.6 Å². The zero-order valence-electron chi connectivity index (χ0n) is 9.35. The van der Waals surface area contributed by atoms with Crippen LogP contribution in [0.15, 0.2) is 30.3 Å². The molecule has 96 valence electrons. The van der Waals surface area contributed by atoms with Gasteiger partial charge in [0, 0.05) is 16.7 Å². The Hall–Kier alpha value is -1.65. The molecule has 0 aliphatic heterocycles. The van der Waals surface area contributed by atoms with Crippen molar-refractivity contribution in [3.05, 3.63) is 52.0 Å². The average Bonchev–Trinajstić information content (AvgIpc) is 2.72. The normalized spacial score (nSPS) is 11.2. The Morgan fingerprint density at radius 3 is 2.58 bits per heavy atom. The summed E-state index contributed by atoms with van der Waals surface area (Å²) >= 11 is 11.9. The van der Waals surface area contributed by atoms with Crippen molar-refractivity contribution in [1.82, 2.24) is 9.97 Å². The molecular weight excluding hydrogens is 293 g/mol. The first kappa shape index (κ1) is 12.4. The maximum Gasteiger partial charge on any atom is 0.153 e. The molecular formula is C13H6Cl2F2N2. The lowest BCUT2D eigenvalue weighted by atomic mass is 10.2. The summed E-state index contributed by atoms with van der Waals surface area (Å²) in [6, 6.07) is 6.83. The lowest BCUT2D eigenvalue weighted by Gasteiger charge is -2.00. The summed E-state index contributed by atoms with van der Waals surface area (Å²) in [6.07, 6.45) is 0. The van der Waals surface area contributed by atoms with Crippen molar-refractivity contribution < 1.29 is 8.78 Å². The topological polar surface area (TPSA) is 28.7 Å². The molecule has 6 heteroatoms. The zero-order valence-corrected chi connectivity index (χ0v) is 10.9. The molecule has 0 saturated heterocycles. The Kier molecular flexibility index (Phi) is 2.92. The van der Waals surface area contributed by atoms with Gasteiger partial charge in [0.15, 0.2) is 5.82 Å². The molecule has 0 saturated carbocycles. The highest BCUT2D eigenvalue weighted by atomic mass is 35.5. The molecule has 0 aliphatic carbocycles. The number of hydrogen-bond acceptors (Lipinski definition) is 1. The van der Waals surface area contributed by atoms with Gasteiger partial charge in [-0.15, -0.1) is 0 Å². The van der Waals surface area contributed by atoms with E-state index in [9.17, 15) is 8.78 Å². The molecule has 2 nitrogen and oxygen atoms in total. The van der Waals surface area contributed by atoms with E-state index >= 15 is 0 Å². The van der Waals surface area contributed by atoms with E-state index < -0.39 is 11.6 Å². The summed E-state index contributed by atoms with van der Waals surface area (Å²) in [5.74, 6) is -1.02. The van der Waals surface area contributed by atoms with E-state index in [4.69, 9.17) is 23.2 Å². The molecule has 2 aromatic carbocycles. The summed E-state index contributed by atoms with van der Waals surface area (Å²) in [5, 5.41) is 0.870. The van der Waals surface area contributed by atoms with Gasteiger partial charge < -0.3 is 4.98 Å². The molecule has 0 amide bonds. The standard InChI is InChI=1S/C13H6Cl2F2N2/c14-6-1-2-8(9(15)3-6)13-18-11-5-7(16)4-10(17)12(11)19-13/h1-5H,(H,18,19). The van der Waals surface area contributed by atoms with E-state index in [1.165, 1.54) is 6.07 Å². The summed E-state index contributed by atoms with van der Waals surface area (Å²) in [6.45, 7) is 0. The predicted octanol–water partition coefficient (Wildman–Crippen LogP) is 4.81. The van der Waals surface area contributed by atoms with Crippen molar-refractivity contribution in [3.63, 3.8) is 0 Å². The van der Waals surface area contributed by atoms with Crippen LogP contribution in [0.3, 0.4) is 0 Å². The van der Waals surface area contributed by atoms with Crippen molar-refractivity contribution in [3.8, 4) is 11.4 Å². The van der Waals surface area contributed by atoms with Crippen LogP contribution in [0.1, 0.15) is 0 Å². The number of benzene rings is 2. The highest BCUT2D eigenvalue weighted by Gasteiger charge is 2.13. The van der Waals surface area contributed by atoms with Crippen LogP contribution in [0.25, 0.3) is 22.4 Å². The minimum atomic E-state index is -0.720. The molecule has 0 unspecified atom stereocenters. The second-order valence-corrected chi connectivity index (χ2v) is 4.84. The number of imidazole rings is 1. The van der Waals surface area contributed by atoms with Gasteiger partial charge in [-0.3, -0.25) is 0 Å². The first-order valence-electron chi connectivity index (χ1n) is 5.35. The Morgan fingerprint density at radius 1 is 1.05 bits per heavy atom. The van der Waals surface area contributed by atoms with E-state index in [0.717, 1.165) is 6.07 Å². The zero-order chi connectivity index (χ0) is 13.6. The second kappa shape index (κ2) is 4.47. The number of halogens is 4. The van der Waals surface area contributed by atoms with Crippen LogP contribution in [0.5, 0.6) is 0 Å². The smallest absolute Gasteiger partial charge is 0.153 e. The number of nitrogens with zero attached hydrogens (tertiary/aromatic N) is 1. The maximum atomic E-state index is 13.6. The first-order chi connectivity index (χ1) is 9.04. The average molecular weight is 299 g/mol. The molecule has 1 N–H and O–H groups in total. The molecule has 3 aromatic rings. The van der Waals surface area contributed by atoms with Gasteiger partial charge in [-0.2, -0.15) is 0 Å².